The van der Waals surface area contributed by atoms with Crippen molar-refractivity contribution in [2.45, 2.75) is 11.8 Å². The molecule has 0 atom stereocenters. The van der Waals surface area contributed by atoms with Gasteiger partial charge in [0, 0.05) is 11.6 Å². The molecule has 6 nitrogen and oxygen atoms in total. The molecule has 2 aromatic carbocycles. The summed E-state index contributed by atoms with van der Waals surface area (Å²) in [5, 5.41) is 3.96. The van der Waals surface area contributed by atoms with Crippen LogP contribution in [0.4, 0.5) is 0 Å². The first-order valence-electron chi connectivity index (χ1n) is 6.81. The van der Waals surface area contributed by atoms with Crippen LogP contribution in [-0.4, -0.2) is 28.3 Å². The lowest BCUT2D eigenvalue weighted by molar-refractivity contribution is 0.394. The Morgan fingerprint density at radius 1 is 1.04 bits per heavy atom. The molecule has 0 unspecified atom stereocenters. The van der Waals surface area contributed by atoms with Crippen molar-refractivity contribution >= 4 is 15.7 Å². The molecule has 0 fully saturated rings. The van der Waals surface area contributed by atoms with E-state index in [1.54, 1.807) is 50.4 Å². The summed E-state index contributed by atoms with van der Waals surface area (Å²) in [4.78, 5) is 2.38. The molecule has 0 saturated heterocycles. The van der Waals surface area contributed by atoms with Gasteiger partial charge in [0.15, 0.2) is 0 Å². The first-order chi connectivity index (χ1) is 11.0. The van der Waals surface area contributed by atoms with Gasteiger partial charge in [0.1, 0.15) is 11.5 Å². The van der Waals surface area contributed by atoms with Crippen LogP contribution >= 0.6 is 0 Å². The van der Waals surface area contributed by atoms with Gasteiger partial charge in [-0.15, -0.1) is 0 Å². The summed E-state index contributed by atoms with van der Waals surface area (Å²) in [5.74, 6) is 1.19. The molecule has 2 aromatic rings. The minimum Gasteiger partial charge on any atom is -0.497 e. The Morgan fingerprint density at radius 3 is 2.35 bits per heavy atom. The minimum absolute atomic E-state index is 0.151. The van der Waals surface area contributed by atoms with Crippen molar-refractivity contribution in [3.63, 3.8) is 0 Å². The molecule has 0 aliphatic rings. The lowest BCUT2D eigenvalue weighted by Crippen LogP contribution is -2.20. The molecule has 0 amide bonds. The Bertz CT molecular complexity index is 802. The van der Waals surface area contributed by atoms with Crippen molar-refractivity contribution in [2.75, 3.05) is 14.2 Å². The molecule has 0 heterocycles. The summed E-state index contributed by atoms with van der Waals surface area (Å²) < 4.78 is 34.7. The molecule has 23 heavy (non-hydrogen) atoms. The fourth-order valence-electron chi connectivity index (χ4n) is 1.94. The number of nitrogens with one attached hydrogen (secondary N) is 1. The van der Waals surface area contributed by atoms with Crippen LogP contribution in [0.1, 0.15) is 12.5 Å². The van der Waals surface area contributed by atoms with Crippen molar-refractivity contribution in [1.82, 2.24) is 4.83 Å². The molecule has 7 heteroatoms. The lowest BCUT2D eigenvalue weighted by atomic mass is 10.1. The monoisotopic (exact) mass is 334 g/mol. The summed E-state index contributed by atoms with van der Waals surface area (Å²) in [5.41, 5.74) is 1.15. The van der Waals surface area contributed by atoms with E-state index >= 15 is 0 Å². The van der Waals surface area contributed by atoms with Gasteiger partial charge in [-0.25, -0.2) is 0 Å². The smallest absolute Gasteiger partial charge is 0.276 e. The molecule has 0 aromatic heterocycles. The number of benzene rings is 2. The maximum atomic E-state index is 12.2. The maximum Gasteiger partial charge on any atom is 0.276 e. The van der Waals surface area contributed by atoms with E-state index in [0.717, 1.165) is 0 Å². The van der Waals surface area contributed by atoms with Crippen LogP contribution in [0.25, 0.3) is 0 Å². The summed E-state index contributed by atoms with van der Waals surface area (Å²) in [7, 11) is -0.612. The highest BCUT2D eigenvalue weighted by molar-refractivity contribution is 7.89. The lowest BCUT2D eigenvalue weighted by Gasteiger charge is -2.10. The van der Waals surface area contributed by atoms with E-state index in [2.05, 4.69) is 9.93 Å². The Labute approximate surface area is 135 Å². The zero-order chi connectivity index (χ0) is 16.9. The number of rotatable bonds is 6. The molecule has 122 valence electrons. The molecular weight excluding hydrogens is 316 g/mol. The van der Waals surface area contributed by atoms with Crippen LogP contribution < -0.4 is 14.3 Å². The number of nitrogens with zero attached hydrogens (tertiary/aromatic N) is 1. The van der Waals surface area contributed by atoms with E-state index in [1.165, 1.54) is 19.2 Å². The fourth-order valence-corrected chi connectivity index (χ4v) is 2.82. The Morgan fingerprint density at radius 2 is 1.74 bits per heavy atom. The highest BCUT2D eigenvalue weighted by atomic mass is 32.2. The van der Waals surface area contributed by atoms with Gasteiger partial charge in [0.25, 0.3) is 10.0 Å². The van der Waals surface area contributed by atoms with Gasteiger partial charge in [-0.05, 0) is 31.2 Å². The van der Waals surface area contributed by atoms with Gasteiger partial charge in [0.05, 0.1) is 24.8 Å². The first kappa shape index (κ1) is 16.8. The van der Waals surface area contributed by atoms with Crippen LogP contribution in [0, 0.1) is 0 Å². The van der Waals surface area contributed by atoms with Crippen LogP contribution in [0.5, 0.6) is 11.5 Å². The van der Waals surface area contributed by atoms with Gasteiger partial charge in [-0.1, -0.05) is 18.2 Å². The van der Waals surface area contributed by atoms with Gasteiger partial charge < -0.3 is 9.47 Å². The molecular formula is C16H18N2O4S. The summed E-state index contributed by atoms with van der Waals surface area (Å²) >= 11 is 0. The average Bonchev–Trinajstić information content (AvgIpc) is 2.59. The third-order valence-electron chi connectivity index (χ3n) is 3.19. The molecule has 0 radical (unpaired) electrons. The third kappa shape index (κ3) is 4.01. The quantitative estimate of drug-likeness (QED) is 0.650. The Kier molecular flexibility index (Phi) is 5.23. The van der Waals surface area contributed by atoms with Crippen LogP contribution in [0.15, 0.2) is 58.5 Å². The van der Waals surface area contributed by atoms with Crippen LogP contribution in [-0.2, 0) is 10.0 Å². The van der Waals surface area contributed by atoms with Gasteiger partial charge in [-0.3, -0.25) is 0 Å². The molecule has 0 saturated carbocycles. The largest absolute Gasteiger partial charge is 0.497 e. The zero-order valence-electron chi connectivity index (χ0n) is 13.1. The normalized spacial score (nSPS) is 11.9. The van der Waals surface area contributed by atoms with Gasteiger partial charge in [-0.2, -0.15) is 18.4 Å². The highest BCUT2D eigenvalue weighted by Crippen LogP contribution is 2.25. The van der Waals surface area contributed by atoms with Gasteiger partial charge in [0.2, 0.25) is 0 Å². The van der Waals surface area contributed by atoms with E-state index in [9.17, 15) is 8.42 Å². The molecule has 0 bridgehead atoms. The second kappa shape index (κ2) is 7.15. The number of hydrogen-bond acceptors (Lipinski definition) is 5. The second-order valence-corrected chi connectivity index (χ2v) is 6.33. The van der Waals surface area contributed by atoms with Gasteiger partial charge >= 0.3 is 0 Å². The van der Waals surface area contributed by atoms with Crippen molar-refractivity contribution in [1.29, 1.82) is 0 Å². The van der Waals surface area contributed by atoms with E-state index in [0.29, 0.717) is 22.8 Å². The standard InChI is InChI=1S/C16H18N2O4S/c1-12(15-10-9-13(21-2)11-16(15)22-3)17-18-23(19,20)14-7-5-4-6-8-14/h4-11,18H,1-3H3/b17-12+. The van der Waals surface area contributed by atoms with Crippen molar-refractivity contribution in [2.24, 2.45) is 5.10 Å². The summed E-state index contributed by atoms with van der Waals surface area (Å²) in [6.07, 6.45) is 0. The topological polar surface area (TPSA) is 77.0 Å². The maximum absolute atomic E-state index is 12.2. The zero-order valence-corrected chi connectivity index (χ0v) is 13.9. The SMILES string of the molecule is COc1ccc(/C(C)=N/NS(=O)(=O)c2ccccc2)c(OC)c1. The highest BCUT2D eigenvalue weighted by Gasteiger charge is 2.13. The minimum atomic E-state index is -3.70. The number of sulfonamides is 1. The molecule has 0 spiro atoms. The number of ether oxygens (including phenoxy) is 2. The summed E-state index contributed by atoms with van der Waals surface area (Å²) in [6.45, 7) is 1.69. The Balaban J connectivity index is 2.27. The van der Waals surface area contributed by atoms with Crippen molar-refractivity contribution in [3.05, 3.63) is 54.1 Å². The molecule has 0 aliphatic carbocycles. The molecule has 0 aliphatic heterocycles. The van der Waals surface area contributed by atoms with Crippen LogP contribution in [0.2, 0.25) is 0 Å². The number of hydrazone groups is 1. The molecule has 2 rings (SSSR count). The predicted octanol–water partition coefficient (Wildman–Crippen LogP) is 2.41. The number of methoxy groups -OCH3 is 2. The second-order valence-electron chi connectivity index (χ2n) is 4.67. The van der Waals surface area contributed by atoms with E-state index in [-0.39, 0.29) is 4.90 Å². The van der Waals surface area contributed by atoms with E-state index in [1.807, 2.05) is 0 Å². The van der Waals surface area contributed by atoms with Crippen LogP contribution in [0.3, 0.4) is 0 Å². The Hall–Kier alpha value is -2.54. The van der Waals surface area contributed by atoms with Crippen molar-refractivity contribution < 1.29 is 17.9 Å². The summed E-state index contributed by atoms with van der Waals surface area (Å²) in [6, 6.07) is 13.3. The van der Waals surface area contributed by atoms with E-state index in [4.69, 9.17) is 9.47 Å². The first-order valence-corrected chi connectivity index (χ1v) is 8.30. The fraction of sp³-hybridized carbons (Fsp3) is 0.188. The number of hydrogen-bond donors (Lipinski definition) is 1. The van der Waals surface area contributed by atoms with E-state index < -0.39 is 10.0 Å². The third-order valence-corrected chi connectivity index (χ3v) is 4.41. The van der Waals surface area contributed by atoms with Crippen molar-refractivity contribution in [3.8, 4) is 11.5 Å². The average molecular weight is 334 g/mol. The molecule has 1 N–H and O–H groups in total. The predicted molar refractivity (Wildman–Crippen MR) is 88.5 cm³/mol.